The summed E-state index contributed by atoms with van der Waals surface area (Å²) in [6.07, 6.45) is 10.0. The normalized spacial score (nSPS) is 11.4. The van der Waals surface area contributed by atoms with E-state index in [0.29, 0.717) is 6.42 Å². The fourth-order valence-corrected chi connectivity index (χ4v) is 4.83. The second kappa shape index (κ2) is 19.3. The lowest BCUT2D eigenvalue weighted by molar-refractivity contribution is -0.386. The van der Waals surface area contributed by atoms with Gasteiger partial charge in [0.15, 0.2) is 23.1 Å². The Hall–Kier alpha value is -4.59. The number of carbonyl (C=O) groups is 1. The van der Waals surface area contributed by atoms with Gasteiger partial charge in [-0.05, 0) is 62.6 Å². The van der Waals surface area contributed by atoms with Gasteiger partial charge in [-0.3, -0.25) is 10.1 Å². The minimum atomic E-state index is -1.67. The molecule has 0 unspecified atom stereocenters. The van der Waals surface area contributed by atoms with Crippen LogP contribution in [0.4, 0.5) is 23.2 Å². The van der Waals surface area contributed by atoms with Crippen LogP contribution in [0.2, 0.25) is 0 Å². The van der Waals surface area contributed by atoms with Gasteiger partial charge < -0.3 is 14.2 Å². The molecular formula is C37H41F4NO6. The van der Waals surface area contributed by atoms with Crippen molar-refractivity contribution >= 4 is 11.7 Å². The summed E-state index contributed by atoms with van der Waals surface area (Å²) >= 11 is 0. The molecule has 0 aliphatic rings. The smallest absolute Gasteiger partial charge is 0.343 e. The van der Waals surface area contributed by atoms with Gasteiger partial charge in [-0.2, -0.15) is 8.78 Å². The van der Waals surface area contributed by atoms with Crippen molar-refractivity contribution < 1.29 is 41.5 Å². The van der Waals surface area contributed by atoms with Crippen LogP contribution in [0.5, 0.6) is 17.2 Å². The van der Waals surface area contributed by atoms with Crippen molar-refractivity contribution in [2.75, 3.05) is 6.61 Å². The van der Waals surface area contributed by atoms with Crippen molar-refractivity contribution in [3.05, 3.63) is 92.5 Å². The zero-order valence-corrected chi connectivity index (χ0v) is 27.5. The van der Waals surface area contributed by atoms with E-state index in [1.54, 1.807) is 0 Å². The molecule has 0 fully saturated rings. The number of rotatable bonds is 18. The summed E-state index contributed by atoms with van der Waals surface area (Å²) in [4.78, 5) is 23.8. The first-order chi connectivity index (χ1) is 23.1. The number of hydrogen-bond acceptors (Lipinski definition) is 6. The topological polar surface area (TPSA) is 87.9 Å². The summed E-state index contributed by atoms with van der Waals surface area (Å²) < 4.78 is 74.6. The molecule has 3 aromatic rings. The number of ether oxygens (including phenoxy) is 3. The zero-order valence-electron chi connectivity index (χ0n) is 27.5. The van der Waals surface area contributed by atoms with Crippen LogP contribution >= 0.6 is 0 Å². The highest BCUT2D eigenvalue weighted by Gasteiger charge is 2.26. The Balaban J connectivity index is 1.65. The van der Waals surface area contributed by atoms with Gasteiger partial charge in [-0.25, -0.2) is 13.6 Å². The van der Waals surface area contributed by atoms with Gasteiger partial charge in [0.2, 0.25) is 11.6 Å². The molecule has 3 aromatic carbocycles. The summed E-state index contributed by atoms with van der Waals surface area (Å²) in [5.74, 6) is -4.00. The number of esters is 1. The van der Waals surface area contributed by atoms with Crippen molar-refractivity contribution in [3.8, 4) is 29.1 Å². The molecule has 0 aromatic heterocycles. The largest absolute Gasteiger partial charge is 0.487 e. The van der Waals surface area contributed by atoms with E-state index in [4.69, 9.17) is 14.2 Å². The molecule has 0 N–H and O–H groups in total. The third-order valence-electron chi connectivity index (χ3n) is 7.55. The van der Waals surface area contributed by atoms with E-state index in [-0.39, 0.29) is 41.0 Å². The molecule has 11 heteroatoms. The van der Waals surface area contributed by atoms with Crippen molar-refractivity contribution in [1.82, 2.24) is 0 Å². The zero-order chi connectivity index (χ0) is 35.1. The van der Waals surface area contributed by atoms with Crippen LogP contribution in [-0.2, 0) is 0 Å². The van der Waals surface area contributed by atoms with Gasteiger partial charge in [0, 0.05) is 11.6 Å². The lowest BCUT2D eigenvalue weighted by atomic mass is 10.1. The number of halogens is 4. The highest BCUT2D eigenvalue weighted by Crippen LogP contribution is 2.31. The SMILES string of the molecule is CCCCCCCCOc1c(F)c(F)c(C#Cc2ccc(OC(=O)c3ccc(O[C@H](C)CCCCCC)c([N+](=O)[O-])c3)cc2)c(F)c1F. The minimum Gasteiger partial charge on any atom is -0.487 e. The number of unbranched alkanes of at least 4 members (excludes halogenated alkanes) is 8. The number of nitro groups is 1. The van der Waals surface area contributed by atoms with Crippen LogP contribution in [0.3, 0.4) is 0 Å². The Kier molecular flexibility index (Phi) is 15.2. The van der Waals surface area contributed by atoms with Gasteiger partial charge >= 0.3 is 11.7 Å². The standard InChI is InChI=1S/C37H41F4NO6/c1-4-6-8-10-11-13-23-46-36-34(40)32(38)29(33(39)35(36)41)21-17-26-15-19-28(20-16-26)48-37(43)27-18-22-31(30(24-27)42(44)45)47-25(3)14-12-9-7-5-2/h15-16,18-20,22,24-25H,4-14,23H2,1-3H3/t25-/m1/s1. The molecule has 0 radical (unpaired) electrons. The van der Waals surface area contributed by atoms with Crippen LogP contribution in [0.15, 0.2) is 42.5 Å². The number of hydrogen-bond donors (Lipinski definition) is 0. The Morgan fingerprint density at radius 3 is 2.04 bits per heavy atom. The molecule has 1 atom stereocenters. The predicted molar refractivity (Wildman–Crippen MR) is 174 cm³/mol. The van der Waals surface area contributed by atoms with Crippen LogP contribution in [0.25, 0.3) is 0 Å². The van der Waals surface area contributed by atoms with E-state index in [9.17, 15) is 32.5 Å². The summed E-state index contributed by atoms with van der Waals surface area (Å²) in [7, 11) is 0. The molecule has 0 aliphatic heterocycles. The average Bonchev–Trinajstić information content (AvgIpc) is 3.07. The predicted octanol–water partition coefficient (Wildman–Crippen LogP) is 10.2. The van der Waals surface area contributed by atoms with E-state index in [0.717, 1.165) is 70.3 Å². The van der Waals surface area contributed by atoms with E-state index in [2.05, 4.69) is 25.7 Å². The maximum Gasteiger partial charge on any atom is 0.343 e. The Labute approximate surface area is 278 Å². The van der Waals surface area contributed by atoms with Crippen LogP contribution < -0.4 is 14.2 Å². The van der Waals surface area contributed by atoms with Crippen molar-refractivity contribution in [2.45, 2.75) is 97.5 Å². The highest BCUT2D eigenvalue weighted by atomic mass is 19.2. The van der Waals surface area contributed by atoms with Gasteiger partial charge in [0.05, 0.1) is 23.2 Å². The second-order valence-electron chi connectivity index (χ2n) is 11.5. The second-order valence-corrected chi connectivity index (χ2v) is 11.5. The van der Waals surface area contributed by atoms with Crippen molar-refractivity contribution in [1.29, 1.82) is 0 Å². The fourth-order valence-electron chi connectivity index (χ4n) is 4.83. The number of carbonyl (C=O) groups excluding carboxylic acids is 1. The monoisotopic (exact) mass is 671 g/mol. The number of benzene rings is 3. The molecule has 0 heterocycles. The molecule has 7 nitrogen and oxygen atoms in total. The summed E-state index contributed by atoms with van der Waals surface area (Å²) in [6.45, 7) is 5.93. The average molecular weight is 672 g/mol. The van der Waals surface area contributed by atoms with E-state index in [1.807, 2.05) is 6.92 Å². The fraction of sp³-hybridized carbons (Fsp3) is 0.432. The van der Waals surface area contributed by atoms with Crippen molar-refractivity contribution in [3.63, 3.8) is 0 Å². The van der Waals surface area contributed by atoms with Gasteiger partial charge in [-0.1, -0.05) is 77.1 Å². The third kappa shape index (κ3) is 11.0. The molecule has 3 rings (SSSR count). The molecule has 0 amide bonds. The summed E-state index contributed by atoms with van der Waals surface area (Å²) in [6, 6.07) is 9.18. The summed E-state index contributed by atoms with van der Waals surface area (Å²) in [5, 5.41) is 11.7. The molecule has 0 aliphatic carbocycles. The van der Waals surface area contributed by atoms with Crippen LogP contribution in [0, 0.1) is 45.2 Å². The first-order valence-electron chi connectivity index (χ1n) is 16.3. The Bertz CT molecular complexity index is 1570. The first kappa shape index (κ1) is 37.9. The van der Waals surface area contributed by atoms with Gasteiger partial charge in [-0.15, -0.1) is 0 Å². The number of nitro benzene ring substituents is 1. The molecule has 0 saturated carbocycles. The van der Waals surface area contributed by atoms with Gasteiger partial charge in [0.1, 0.15) is 11.3 Å². The Morgan fingerprint density at radius 1 is 0.812 bits per heavy atom. The molecule has 48 heavy (non-hydrogen) atoms. The van der Waals surface area contributed by atoms with Crippen LogP contribution in [0.1, 0.15) is 113 Å². The third-order valence-corrected chi connectivity index (χ3v) is 7.55. The molecule has 0 spiro atoms. The molecular weight excluding hydrogens is 630 g/mol. The number of nitrogens with zero attached hydrogens (tertiary/aromatic N) is 1. The molecule has 0 bridgehead atoms. The summed E-state index contributed by atoms with van der Waals surface area (Å²) in [5.41, 5.74) is -1.35. The Morgan fingerprint density at radius 2 is 1.42 bits per heavy atom. The highest BCUT2D eigenvalue weighted by molar-refractivity contribution is 5.92. The lowest BCUT2D eigenvalue weighted by Gasteiger charge is -2.15. The van der Waals surface area contributed by atoms with E-state index in [1.165, 1.54) is 36.4 Å². The maximum absolute atomic E-state index is 14.7. The lowest BCUT2D eigenvalue weighted by Crippen LogP contribution is -2.14. The quantitative estimate of drug-likeness (QED) is 0.0196. The molecule has 258 valence electrons. The van der Waals surface area contributed by atoms with Gasteiger partial charge in [0.25, 0.3) is 0 Å². The maximum atomic E-state index is 14.7. The van der Waals surface area contributed by atoms with Crippen LogP contribution in [-0.4, -0.2) is 23.6 Å². The minimum absolute atomic E-state index is 0.0467. The first-order valence-corrected chi connectivity index (χ1v) is 16.3. The van der Waals surface area contributed by atoms with Crippen molar-refractivity contribution in [2.24, 2.45) is 0 Å². The molecule has 0 saturated heterocycles. The van der Waals surface area contributed by atoms with E-state index < -0.39 is 45.5 Å². The van der Waals surface area contributed by atoms with E-state index >= 15 is 0 Å².